The van der Waals surface area contributed by atoms with E-state index >= 15 is 0 Å². The molecule has 1 aromatic heterocycles. The van der Waals surface area contributed by atoms with Crippen LogP contribution in [0, 0.1) is 21.8 Å². The largest absolute Gasteiger partial charge is 0.254 e. The van der Waals surface area contributed by atoms with Crippen LogP contribution in [0.1, 0.15) is 5.69 Å². The van der Waals surface area contributed by atoms with Crippen LogP contribution in [-0.4, -0.2) is 9.78 Å². The van der Waals surface area contributed by atoms with Crippen LogP contribution in [0.25, 0.3) is 11.3 Å². The van der Waals surface area contributed by atoms with Crippen LogP contribution in [0.2, 0.25) is 0 Å². The summed E-state index contributed by atoms with van der Waals surface area (Å²) in [6, 6.07) is 12.1. The fourth-order valence-electron chi connectivity index (χ4n) is 1.53. The second kappa shape index (κ2) is 4.66. The van der Waals surface area contributed by atoms with Crippen LogP contribution in [-0.2, 0) is 6.54 Å². The van der Waals surface area contributed by atoms with E-state index in [4.69, 9.17) is 5.26 Å². The fourth-order valence-corrected chi connectivity index (χ4v) is 2.22. The zero-order chi connectivity index (χ0) is 11.5. The molecule has 2 aromatic rings. The molecule has 2 rings (SSSR count). The highest BCUT2D eigenvalue weighted by molar-refractivity contribution is 14.1. The van der Waals surface area contributed by atoms with E-state index in [-0.39, 0.29) is 0 Å². The van der Waals surface area contributed by atoms with E-state index in [1.54, 1.807) is 4.68 Å². The monoisotopic (exact) mass is 323 g/mol. The summed E-state index contributed by atoms with van der Waals surface area (Å²) in [7, 11) is 0. The zero-order valence-electron chi connectivity index (χ0n) is 8.81. The van der Waals surface area contributed by atoms with Gasteiger partial charge in [-0.25, -0.2) is 0 Å². The molecule has 0 bridgehead atoms. The van der Waals surface area contributed by atoms with Crippen LogP contribution in [0.5, 0.6) is 0 Å². The fraction of sp³-hybridized carbons (Fsp3) is 0.167. The van der Waals surface area contributed by atoms with Gasteiger partial charge in [-0.2, -0.15) is 10.4 Å². The molecule has 0 saturated heterocycles. The Balaban J connectivity index is 2.52. The van der Waals surface area contributed by atoms with Crippen LogP contribution in [0.3, 0.4) is 0 Å². The molecule has 80 valence electrons. The van der Waals surface area contributed by atoms with Gasteiger partial charge in [-0.1, -0.05) is 30.3 Å². The summed E-state index contributed by atoms with van der Waals surface area (Å²) in [5.41, 5.74) is 3.08. The average Bonchev–Trinajstić information content (AvgIpc) is 2.59. The van der Waals surface area contributed by atoms with Crippen molar-refractivity contribution in [2.24, 2.45) is 0 Å². The van der Waals surface area contributed by atoms with Crippen LogP contribution >= 0.6 is 22.6 Å². The summed E-state index contributed by atoms with van der Waals surface area (Å²) in [4.78, 5) is 0. The Bertz CT molecular complexity index is 537. The van der Waals surface area contributed by atoms with Gasteiger partial charge in [0.1, 0.15) is 12.2 Å². The van der Waals surface area contributed by atoms with Crippen molar-refractivity contribution in [2.45, 2.75) is 13.5 Å². The predicted molar refractivity (Wildman–Crippen MR) is 70.7 cm³/mol. The summed E-state index contributed by atoms with van der Waals surface area (Å²) in [6.45, 7) is 2.28. The van der Waals surface area contributed by atoms with E-state index < -0.39 is 0 Å². The second-order valence-electron chi connectivity index (χ2n) is 3.43. The summed E-state index contributed by atoms with van der Waals surface area (Å²) in [6.07, 6.45) is 0. The molecule has 1 aromatic carbocycles. The Hall–Kier alpha value is -1.35. The van der Waals surface area contributed by atoms with Crippen molar-refractivity contribution in [3.05, 3.63) is 39.6 Å². The summed E-state index contributed by atoms with van der Waals surface area (Å²) in [5, 5.41) is 13.2. The van der Waals surface area contributed by atoms with Crippen molar-refractivity contribution in [1.29, 1.82) is 5.26 Å². The number of hydrogen-bond donors (Lipinski definition) is 0. The van der Waals surface area contributed by atoms with Gasteiger partial charge >= 0.3 is 0 Å². The Kier molecular flexibility index (Phi) is 3.25. The zero-order valence-corrected chi connectivity index (χ0v) is 11.0. The molecule has 4 heteroatoms. The summed E-state index contributed by atoms with van der Waals surface area (Å²) >= 11 is 2.28. The average molecular weight is 323 g/mol. The lowest BCUT2D eigenvalue weighted by molar-refractivity contribution is 0.688. The number of rotatable bonds is 2. The maximum absolute atomic E-state index is 8.70. The van der Waals surface area contributed by atoms with E-state index in [0.29, 0.717) is 6.54 Å². The molecular weight excluding hydrogens is 313 g/mol. The Morgan fingerprint density at radius 1 is 1.38 bits per heavy atom. The first-order valence-corrected chi connectivity index (χ1v) is 5.97. The molecular formula is C12H10IN3. The van der Waals surface area contributed by atoms with Gasteiger partial charge in [0.25, 0.3) is 0 Å². The lowest BCUT2D eigenvalue weighted by Gasteiger charge is -1.95. The first-order valence-electron chi connectivity index (χ1n) is 4.89. The van der Waals surface area contributed by atoms with E-state index in [0.717, 1.165) is 20.5 Å². The number of benzene rings is 1. The van der Waals surface area contributed by atoms with E-state index in [2.05, 4.69) is 33.8 Å². The highest BCUT2D eigenvalue weighted by Crippen LogP contribution is 2.26. The smallest absolute Gasteiger partial charge is 0.128 e. The van der Waals surface area contributed by atoms with Crippen molar-refractivity contribution >= 4 is 22.6 Å². The molecule has 0 N–H and O–H groups in total. The van der Waals surface area contributed by atoms with Gasteiger partial charge in [-0.05, 0) is 29.5 Å². The minimum absolute atomic E-state index is 0.300. The molecule has 0 aliphatic rings. The number of nitriles is 1. The molecule has 16 heavy (non-hydrogen) atoms. The molecule has 0 fully saturated rings. The summed E-state index contributed by atoms with van der Waals surface area (Å²) < 4.78 is 2.85. The normalized spacial score (nSPS) is 10.1. The van der Waals surface area contributed by atoms with Crippen molar-refractivity contribution in [3.8, 4) is 17.3 Å². The van der Waals surface area contributed by atoms with E-state index in [1.807, 2.05) is 37.3 Å². The number of hydrogen-bond acceptors (Lipinski definition) is 2. The maximum Gasteiger partial charge on any atom is 0.128 e. The first-order chi connectivity index (χ1) is 7.74. The van der Waals surface area contributed by atoms with Crippen LogP contribution in [0.15, 0.2) is 30.3 Å². The SMILES string of the molecule is Cc1c(I)c(-c2ccccc2)nn1CC#N. The molecule has 0 amide bonds. The molecule has 0 aliphatic carbocycles. The van der Waals surface area contributed by atoms with E-state index in [9.17, 15) is 0 Å². The van der Waals surface area contributed by atoms with E-state index in [1.165, 1.54) is 0 Å². The van der Waals surface area contributed by atoms with Crippen LogP contribution in [0.4, 0.5) is 0 Å². The second-order valence-corrected chi connectivity index (χ2v) is 4.51. The van der Waals surface area contributed by atoms with Gasteiger partial charge in [-0.15, -0.1) is 0 Å². The van der Waals surface area contributed by atoms with Crippen LogP contribution < -0.4 is 0 Å². The van der Waals surface area contributed by atoms with Crippen molar-refractivity contribution in [3.63, 3.8) is 0 Å². The van der Waals surface area contributed by atoms with Crippen molar-refractivity contribution < 1.29 is 0 Å². The van der Waals surface area contributed by atoms with Crippen molar-refractivity contribution in [2.75, 3.05) is 0 Å². The van der Waals surface area contributed by atoms with Gasteiger partial charge < -0.3 is 0 Å². The molecule has 0 unspecified atom stereocenters. The quantitative estimate of drug-likeness (QED) is 0.797. The lowest BCUT2D eigenvalue weighted by atomic mass is 10.1. The number of halogens is 1. The highest BCUT2D eigenvalue weighted by atomic mass is 127. The molecule has 0 radical (unpaired) electrons. The van der Waals surface area contributed by atoms with Gasteiger partial charge in [0.2, 0.25) is 0 Å². The lowest BCUT2D eigenvalue weighted by Crippen LogP contribution is -2.00. The molecule has 0 aliphatic heterocycles. The molecule has 0 spiro atoms. The molecule has 0 atom stereocenters. The molecule has 1 heterocycles. The highest BCUT2D eigenvalue weighted by Gasteiger charge is 2.12. The number of aromatic nitrogens is 2. The number of nitrogens with zero attached hydrogens (tertiary/aromatic N) is 3. The first kappa shape index (κ1) is 11.1. The third kappa shape index (κ3) is 1.95. The standard InChI is InChI=1S/C12H10IN3/c1-9-11(13)12(15-16(9)8-7-14)10-5-3-2-4-6-10/h2-6H,8H2,1H3. The Morgan fingerprint density at radius 3 is 2.69 bits per heavy atom. The molecule has 0 saturated carbocycles. The topological polar surface area (TPSA) is 41.6 Å². The summed E-state index contributed by atoms with van der Waals surface area (Å²) in [5.74, 6) is 0. The maximum atomic E-state index is 8.70. The minimum Gasteiger partial charge on any atom is -0.254 e. The van der Waals surface area contributed by atoms with Gasteiger partial charge in [0, 0.05) is 5.56 Å². The van der Waals surface area contributed by atoms with Gasteiger partial charge in [0.15, 0.2) is 0 Å². The minimum atomic E-state index is 0.300. The predicted octanol–water partition coefficient (Wildman–Crippen LogP) is 2.99. The van der Waals surface area contributed by atoms with Gasteiger partial charge in [-0.3, -0.25) is 4.68 Å². The van der Waals surface area contributed by atoms with Gasteiger partial charge in [0.05, 0.1) is 15.3 Å². The van der Waals surface area contributed by atoms with Crippen molar-refractivity contribution in [1.82, 2.24) is 9.78 Å². The third-order valence-corrected chi connectivity index (χ3v) is 3.69. The third-order valence-electron chi connectivity index (χ3n) is 2.40. The Labute approximate surface area is 108 Å². The molecule has 3 nitrogen and oxygen atoms in total. The Morgan fingerprint density at radius 2 is 2.06 bits per heavy atom.